The second-order valence-corrected chi connectivity index (χ2v) is 5.05. The summed E-state index contributed by atoms with van der Waals surface area (Å²) in [6, 6.07) is 7.64. The maximum atomic E-state index is 4.58. The number of pyridine rings is 2. The smallest absolute Gasteiger partial charge is 0.235 e. The van der Waals surface area contributed by atoms with Crippen LogP contribution in [0.1, 0.15) is 0 Å². The molecule has 0 radical (unpaired) electrons. The Balaban J connectivity index is 1.88. The second kappa shape index (κ2) is 4.46. The third-order valence-corrected chi connectivity index (χ3v) is 3.80. The van der Waals surface area contributed by atoms with E-state index in [1.165, 1.54) is 11.3 Å². The van der Waals surface area contributed by atoms with Crippen LogP contribution in [0, 0.1) is 0 Å². The number of nitrogens with zero attached hydrogens (tertiary/aromatic N) is 6. The largest absolute Gasteiger partial charge is 0.265 e. The van der Waals surface area contributed by atoms with E-state index in [-0.39, 0.29) is 0 Å². The lowest BCUT2D eigenvalue weighted by Gasteiger charge is -1.95. The van der Waals surface area contributed by atoms with Crippen molar-refractivity contribution in [1.29, 1.82) is 0 Å². The van der Waals surface area contributed by atoms with Crippen molar-refractivity contribution in [2.75, 3.05) is 0 Å². The zero-order valence-corrected chi connectivity index (χ0v) is 11.0. The third kappa shape index (κ3) is 1.76. The molecule has 0 bridgehead atoms. The standard InChI is InChI=1S/C13H8N6S/c1-5-14-6-2-9(1)11-16-17-13-19(11)18-12(20-13)10-3-7-15-8-4-10/h1-8H. The van der Waals surface area contributed by atoms with Gasteiger partial charge in [0.05, 0.1) is 0 Å². The van der Waals surface area contributed by atoms with Crippen molar-refractivity contribution in [1.82, 2.24) is 29.8 Å². The summed E-state index contributed by atoms with van der Waals surface area (Å²) < 4.78 is 1.76. The molecule has 0 amide bonds. The van der Waals surface area contributed by atoms with Gasteiger partial charge < -0.3 is 0 Å². The van der Waals surface area contributed by atoms with Crippen molar-refractivity contribution < 1.29 is 0 Å². The Morgan fingerprint density at radius 2 is 1.45 bits per heavy atom. The van der Waals surface area contributed by atoms with Crippen LogP contribution in [0.2, 0.25) is 0 Å². The van der Waals surface area contributed by atoms with Gasteiger partial charge >= 0.3 is 0 Å². The lowest BCUT2D eigenvalue weighted by molar-refractivity contribution is 0.969. The van der Waals surface area contributed by atoms with Crippen LogP contribution < -0.4 is 0 Å². The first kappa shape index (κ1) is 11.2. The molecule has 0 unspecified atom stereocenters. The van der Waals surface area contributed by atoms with Gasteiger partial charge in [-0.25, -0.2) is 0 Å². The van der Waals surface area contributed by atoms with Crippen molar-refractivity contribution in [3.8, 4) is 22.0 Å². The van der Waals surface area contributed by atoms with E-state index >= 15 is 0 Å². The Morgan fingerprint density at radius 1 is 0.800 bits per heavy atom. The summed E-state index contributed by atoms with van der Waals surface area (Å²) in [6.07, 6.45) is 6.96. The van der Waals surface area contributed by atoms with Gasteiger partial charge in [-0.05, 0) is 24.3 Å². The van der Waals surface area contributed by atoms with Gasteiger partial charge in [0, 0.05) is 35.9 Å². The average Bonchev–Trinajstić information content (AvgIpc) is 3.09. The monoisotopic (exact) mass is 280 g/mol. The maximum Gasteiger partial charge on any atom is 0.235 e. The van der Waals surface area contributed by atoms with E-state index in [0.29, 0.717) is 0 Å². The quantitative estimate of drug-likeness (QED) is 0.563. The molecule has 0 aliphatic carbocycles. The molecule has 6 nitrogen and oxygen atoms in total. The van der Waals surface area contributed by atoms with Gasteiger partial charge in [0.25, 0.3) is 0 Å². The van der Waals surface area contributed by atoms with E-state index in [4.69, 9.17) is 0 Å². The Morgan fingerprint density at radius 3 is 2.15 bits per heavy atom. The second-order valence-electron chi connectivity index (χ2n) is 4.10. The van der Waals surface area contributed by atoms with E-state index in [1.54, 1.807) is 29.3 Å². The predicted octanol–water partition coefficient (Wildman–Crippen LogP) is 2.31. The summed E-state index contributed by atoms with van der Waals surface area (Å²) in [7, 11) is 0. The Labute approximate surface area is 117 Å². The summed E-state index contributed by atoms with van der Waals surface area (Å²) in [6.45, 7) is 0. The molecule has 0 atom stereocenters. The van der Waals surface area contributed by atoms with Crippen LogP contribution >= 0.6 is 11.3 Å². The molecular formula is C13H8N6S. The van der Waals surface area contributed by atoms with Gasteiger partial charge in [-0.2, -0.15) is 9.61 Å². The van der Waals surface area contributed by atoms with Gasteiger partial charge in [-0.1, -0.05) is 11.3 Å². The molecule has 0 aliphatic rings. The minimum atomic E-state index is 0.721. The summed E-state index contributed by atoms with van der Waals surface area (Å²) >= 11 is 1.50. The molecule has 4 heterocycles. The van der Waals surface area contributed by atoms with Gasteiger partial charge in [0.2, 0.25) is 4.96 Å². The van der Waals surface area contributed by atoms with Crippen LogP contribution in [-0.4, -0.2) is 29.8 Å². The molecular weight excluding hydrogens is 272 g/mol. The third-order valence-electron chi connectivity index (χ3n) is 2.86. The first-order valence-corrected chi connectivity index (χ1v) is 6.76. The number of fused-ring (bicyclic) bond motifs is 1. The van der Waals surface area contributed by atoms with E-state index < -0.39 is 0 Å². The van der Waals surface area contributed by atoms with E-state index in [1.807, 2.05) is 24.3 Å². The maximum absolute atomic E-state index is 4.58. The van der Waals surface area contributed by atoms with E-state index in [0.717, 1.165) is 26.9 Å². The summed E-state index contributed by atoms with van der Waals surface area (Å²) in [5.41, 5.74) is 1.97. The molecule has 0 N–H and O–H groups in total. The van der Waals surface area contributed by atoms with Crippen LogP contribution in [0.4, 0.5) is 0 Å². The van der Waals surface area contributed by atoms with Crippen LogP contribution in [0.15, 0.2) is 49.1 Å². The minimum absolute atomic E-state index is 0.721. The van der Waals surface area contributed by atoms with Crippen molar-refractivity contribution in [3.63, 3.8) is 0 Å². The Kier molecular flexibility index (Phi) is 2.49. The average molecular weight is 280 g/mol. The molecule has 4 aromatic heterocycles. The normalized spacial score (nSPS) is 11.0. The SMILES string of the molecule is c1cc(-c2nn3c(-c4ccncc4)nnc3s2)ccn1. The predicted molar refractivity (Wildman–Crippen MR) is 75.1 cm³/mol. The van der Waals surface area contributed by atoms with Gasteiger partial charge in [0.1, 0.15) is 5.01 Å². The molecule has 0 saturated heterocycles. The van der Waals surface area contributed by atoms with Crippen molar-refractivity contribution >= 4 is 16.3 Å². The first-order valence-electron chi connectivity index (χ1n) is 5.95. The van der Waals surface area contributed by atoms with Crippen molar-refractivity contribution in [2.45, 2.75) is 0 Å². The summed E-state index contributed by atoms with van der Waals surface area (Å²) in [5, 5.41) is 13.8. The van der Waals surface area contributed by atoms with Crippen LogP contribution in [0.25, 0.3) is 26.9 Å². The molecule has 0 aliphatic heterocycles. The van der Waals surface area contributed by atoms with Crippen molar-refractivity contribution in [2.24, 2.45) is 0 Å². The number of aromatic nitrogens is 6. The van der Waals surface area contributed by atoms with Crippen molar-refractivity contribution in [3.05, 3.63) is 49.1 Å². The zero-order chi connectivity index (χ0) is 13.4. The van der Waals surface area contributed by atoms with Crippen LogP contribution in [0.5, 0.6) is 0 Å². The zero-order valence-electron chi connectivity index (χ0n) is 10.2. The molecule has 0 fully saturated rings. The molecule has 0 spiro atoms. The molecule has 4 rings (SSSR count). The van der Waals surface area contributed by atoms with E-state index in [2.05, 4.69) is 25.3 Å². The van der Waals surface area contributed by atoms with Crippen LogP contribution in [-0.2, 0) is 0 Å². The van der Waals surface area contributed by atoms with Gasteiger partial charge in [0.15, 0.2) is 5.82 Å². The highest BCUT2D eigenvalue weighted by molar-refractivity contribution is 7.19. The first-order chi connectivity index (χ1) is 9.92. The number of hydrogen-bond acceptors (Lipinski definition) is 6. The Bertz CT molecular complexity index is 852. The molecule has 4 aromatic rings. The summed E-state index contributed by atoms with van der Waals surface area (Å²) in [4.78, 5) is 8.79. The Hall–Kier alpha value is -2.67. The lowest BCUT2D eigenvalue weighted by Crippen LogP contribution is -1.91. The van der Waals surface area contributed by atoms with E-state index in [9.17, 15) is 0 Å². The summed E-state index contributed by atoms with van der Waals surface area (Å²) in [5.74, 6) is 0.721. The molecule has 20 heavy (non-hydrogen) atoms. The molecule has 0 saturated carbocycles. The fourth-order valence-electron chi connectivity index (χ4n) is 1.91. The lowest BCUT2D eigenvalue weighted by atomic mass is 10.2. The number of hydrogen-bond donors (Lipinski definition) is 0. The molecule has 96 valence electrons. The fourth-order valence-corrected chi connectivity index (χ4v) is 2.75. The van der Waals surface area contributed by atoms with Gasteiger partial charge in [-0.3, -0.25) is 9.97 Å². The highest BCUT2D eigenvalue weighted by atomic mass is 32.1. The number of rotatable bonds is 2. The molecule has 0 aromatic carbocycles. The fraction of sp³-hybridized carbons (Fsp3) is 0. The van der Waals surface area contributed by atoms with Gasteiger partial charge in [-0.15, -0.1) is 10.2 Å². The highest BCUT2D eigenvalue weighted by Crippen LogP contribution is 2.27. The highest BCUT2D eigenvalue weighted by Gasteiger charge is 2.13. The minimum Gasteiger partial charge on any atom is -0.265 e. The molecule has 7 heteroatoms. The topological polar surface area (TPSA) is 68.9 Å². The van der Waals surface area contributed by atoms with Crippen LogP contribution in [0.3, 0.4) is 0 Å².